The quantitative estimate of drug-likeness (QED) is 0.921. The summed E-state index contributed by atoms with van der Waals surface area (Å²) in [6.45, 7) is 3.74. The molecule has 0 radical (unpaired) electrons. The molecular weight excluding hydrogens is 272 g/mol. The van der Waals surface area contributed by atoms with Crippen molar-refractivity contribution in [3.63, 3.8) is 0 Å². The van der Waals surface area contributed by atoms with Crippen molar-refractivity contribution in [2.24, 2.45) is 5.73 Å². The number of para-hydroxylation sites is 1. The molecule has 0 atom stereocenters. The number of nitrogens with zero attached hydrogens (tertiary/aromatic N) is 1. The lowest BCUT2D eigenvalue weighted by Gasteiger charge is -2.32. The van der Waals surface area contributed by atoms with E-state index in [0.29, 0.717) is 12.6 Å². The molecule has 116 valence electrons. The van der Waals surface area contributed by atoms with E-state index in [1.165, 1.54) is 5.56 Å². The van der Waals surface area contributed by atoms with Crippen LogP contribution in [0.15, 0.2) is 54.6 Å². The van der Waals surface area contributed by atoms with Crippen LogP contribution in [0.3, 0.4) is 0 Å². The van der Waals surface area contributed by atoms with Crippen LogP contribution in [-0.2, 0) is 13.1 Å². The van der Waals surface area contributed by atoms with Gasteiger partial charge in [0.1, 0.15) is 11.9 Å². The highest BCUT2D eigenvalue weighted by Crippen LogP contribution is 2.23. The largest absolute Gasteiger partial charge is 0.490 e. The lowest BCUT2D eigenvalue weighted by molar-refractivity contribution is 0.0960. The summed E-state index contributed by atoms with van der Waals surface area (Å²) in [5.41, 5.74) is 8.25. The van der Waals surface area contributed by atoms with Gasteiger partial charge >= 0.3 is 0 Å². The van der Waals surface area contributed by atoms with Gasteiger partial charge in [0, 0.05) is 31.7 Å². The highest BCUT2D eigenvalue weighted by molar-refractivity contribution is 5.33. The Bertz CT molecular complexity index is 577. The second kappa shape index (κ2) is 7.43. The molecule has 0 bridgehead atoms. The normalized spacial score (nSPS) is 16.6. The molecular formula is C19H24N2O. The summed E-state index contributed by atoms with van der Waals surface area (Å²) in [5, 5.41) is 0. The van der Waals surface area contributed by atoms with Crippen LogP contribution in [0.4, 0.5) is 0 Å². The first-order valence-electron chi connectivity index (χ1n) is 8.06. The van der Waals surface area contributed by atoms with Gasteiger partial charge in [0.25, 0.3) is 0 Å². The number of ether oxygens (including phenoxy) is 1. The summed E-state index contributed by atoms with van der Waals surface area (Å²) in [6.07, 6.45) is 2.46. The van der Waals surface area contributed by atoms with E-state index >= 15 is 0 Å². The van der Waals surface area contributed by atoms with E-state index in [0.717, 1.165) is 43.8 Å². The molecule has 2 N–H and O–H groups in total. The lowest BCUT2D eigenvalue weighted by Crippen LogP contribution is -2.37. The first kappa shape index (κ1) is 15.1. The van der Waals surface area contributed by atoms with Gasteiger partial charge < -0.3 is 10.5 Å². The number of benzene rings is 2. The molecule has 0 aliphatic carbocycles. The summed E-state index contributed by atoms with van der Waals surface area (Å²) in [6, 6.07) is 18.8. The van der Waals surface area contributed by atoms with Crippen molar-refractivity contribution in [1.29, 1.82) is 0 Å². The van der Waals surface area contributed by atoms with Crippen LogP contribution in [0.1, 0.15) is 24.0 Å². The van der Waals surface area contributed by atoms with E-state index in [-0.39, 0.29) is 0 Å². The van der Waals surface area contributed by atoms with Gasteiger partial charge in [-0.2, -0.15) is 0 Å². The minimum Gasteiger partial charge on any atom is -0.490 e. The van der Waals surface area contributed by atoms with Crippen LogP contribution in [0.2, 0.25) is 0 Å². The number of rotatable bonds is 5. The van der Waals surface area contributed by atoms with Crippen molar-refractivity contribution in [2.75, 3.05) is 13.1 Å². The number of hydrogen-bond acceptors (Lipinski definition) is 3. The van der Waals surface area contributed by atoms with Crippen molar-refractivity contribution < 1.29 is 4.74 Å². The fraction of sp³-hybridized carbons (Fsp3) is 0.368. The molecule has 0 amide bonds. The van der Waals surface area contributed by atoms with Crippen LogP contribution >= 0.6 is 0 Å². The minimum absolute atomic E-state index is 0.305. The molecule has 1 fully saturated rings. The molecule has 0 unspecified atom stereocenters. The van der Waals surface area contributed by atoms with Crippen LogP contribution in [0.5, 0.6) is 5.75 Å². The van der Waals surface area contributed by atoms with Crippen LogP contribution < -0.4 is 10.5 Å². The van der Waals surface area contributed by atoms with Gasteiger partial charge in [-0.15, -0.1) is 0 Å². The third-order valence-corrected chi connectivity index (χ3v) is 4.27. The minimum atomic E-state index is 0.305. The van der Waals surface area contributed by atoms with Crippen molar-refractivity contribution >= 4 is 0 Å². The summed E-state index contributed by atoms with van der Waals surface area (Å²) in [4.78, 5) is 2.50. The molecule has 3 heteroatoms. The predicted molar refractivity (Wildman–Crippen MR) is 89.7 cm³/mol. The van der Waals surface area contributed by atoms with Gasteiger partial charge in [-0.3, -0.25) is 4.90 Å². The van der Waals surface area contributed by atoms with E-state index in [9.17, 15) is 0 Å². The van der Waals surface area contributed by atoms with Crippen molar-refractivity contribution in [1.82, 2.24) is 4.90 Å². The van der Waals surface area contributed by atoms with Crippen molar-refractivity contribution in [3.05, 3.63) is 65.7 Å². The Balaban J connectivity index is 1.51. The Morgan fingerprint density at radius 2 is 1.64 bits per heavy atom. The Hall–Kier alpha value is -1.84. The average Bonchev–Trinajstić information content (AvgIpc) is 2.58. The third kappa shape index (κ3) is 3.87. The van der Waals surface area contributed by atoms with E-state index in [2.05, 4.69) is 35.2 Å². The van der Waals surface area contributed by atoms with Gasteiger partial charge in [0.05, 0.1) is 0 Å². The van der Waals surface area contributed by atoms with E-state index < -0.39 is 0 Å². The molecule has 1 aliphatic heterocycles. The maximum atomic E-state index is 6.17. The molecule has 1 saturated heterocycles. The molecule has 0 aromatic heterocycles. The number of hydrogen-bond donors (Lipinski definition) is 1. The molecule has 0 saturated carbocycles. The smallest absolute Gasteiger partial charge is 0.124 e. The van der Waals surface area contributed by atoms with Crippen molar-refractivity contribution in [3.8, 4) is 5.75 Å². The molecule has 22 heavy (non-hydrogen) atoms. The number of piperidine rings is 1. The monoisotopic (exact) mass is 296 g/mol. The Labute approximate surface area is 132 Å². The summed E-state index contributed by atoms with van der Waals surface area (Å²) >= 11 is 0. The Morgan fingerprint density at radius 3 is 2.36 bits per heavy atom. The summed E-state index contributed by atoms with van der Waals surface area (Å²) in [7, 11) is 0. The third-order valence-electron chi connectivity index (χ3n) is 4.27. The first-order chi connectivity index (χ1) is 10.8. The van der Waals surface area contributed by atoms with Gasteiger partial charge in [0.15, 0.2) is 0 Å². The fourth-order valence-electron chi connectivity index (χ4n) is 2.99. The van der Waals surface area contributed by atoms with Gasteiger partial charge in [-0.05, 0) is 24.5 Å². The average molecular weight is 296 g/mol. The number of likely N-dealkylation sites (tertiary alicyclic amines) is 1. The zero-order chi connectivity index (χ0) is 15.2. The highest BCUT2D eigenvalue weighted by Gasteiger charge is 2.21. The van der Waals surface area contributed by atoms with Crippen LogP contribution in [-0.4, -0.2) is 24.1 Å². The summed E-state index contributed by atoms with van der Waals surface area (Å²) < 4.78 is 6.17. The van der Waals surface area contributed by atoms with E-state index in [1.807, 2.05) is 24.3 Å². The Kier molecular flexibility index (Phi) is 5.09. The second-order valence-corrected chi connectivity index (χ2v) is 5.89. The molecule has 1 aliphatic rings. The zero-order valence-corrected chi connectivity index (χ0v) is 12.9. The number of nitrogens with two attached hydrogens (primary N) is 1. The van der Waals surface area contributed by atoms with Gasteiger partial charge in [0.2, 0.25) is 0 Å². The molecule has 0 spiro atoms. The molecule has 2 aromatic rings. The highest BCUT2D eigenvalue weighted by atomic mass is 16.5. The fourth-order valence-corrected chi connectivity index (χ4v) is 2.99. The molecule has 3 nitrogen and oxygen atoms in total. The molecule has 2 aromatic carbocycles. The van der Waals surface area contributed by atoms with Crippen LogP contribution in [0, 0.1) is 0 Å². The molecule has 3 rings (SSSR count). The summed E-state index contributed by atoms with van der Waals surface area (Å²) in [5.74, 6) is 0.950. The van der Waals surface area contributed by atoms with E-state index in [4.69, 9.17) is 10.5 Å². The zero-order valence-electron chi connectivity index (χ0n) is 12.9. The van der Waals surface area contributed by atoms with Gasteiger partial charge in [-0.25, -0.2) is 0 Å². The van der Waals surface area contributed by atoms with E-state index in [1.54, 1.807) is 0 Å². The van der Waals surface area contributed by atoms with Gasteiger partial charge in [-0.1, -0.05) is 48.5 Å². The van der Waals surface area contributed by atoms with Crippen LogP contribution in [0.25, 0.3) is 0 Å². The maximum absolute atomic E-state index is 6.17. The topological polar surface area (TPSA) is 38.5 Å². The SMILES string of the molecule is NCc1ccccc1OC1CCN(Cc2ccccc2)CC1. The predicted octanol–water partition coefficient (Wildman–Crippen LogP) is 3.19. The lowest BCUT2D eigenvalue weighted by atomic mass is 10.1. The second-order valence-electron chi connectivity index (χ2n) is 5.89. The standard InChI is InChI=1S/C19H24N2O/c20-14-17-8-4-5-9-19(17)22-18-10-12-21(13-11-18)15-16-6-2-1-3-7-16/h1-9,18H,10-15,20H2. The molecule has 1 heterocycles. The Morgan fingerprint density at radius 1 is 0.955 bits per heavy atom. The first-order valence-corrected chi connectivity index (χ1v) is 8.06. The maximum Gasteiger partial charge on any atom is 0.124 e. The van der Waals surface area contributed by atoms with Crippen molar-refractivity contribution in [2.45, 2.75) is 32.0 Å².